The summed E-state index contributed by atoms with van der Waals surface area (Å²) in [5.41, 5.74) is 0. The van der Waals surface area contributed by atoms with Gasteiger partial charge < -0.3 is 24.4 Å². The third-order valence-electron chi connectivity index (χ3n) is 4.96. The number of rotatable bonds is 10. The lowest BCUT2D eigenvalue weighted by atomic mass is 10.1. The second-order valence-corrected chi connectivity index (χ2v) is 9.75. The van der Waals surface area contributed by atoms with Crippen LogP contribution in [-0.4, -0.2) is 96.1 Å². The minimum absolute atomic E-state index is 0.0518. The molecule has 0 bridgehead atoms. The maximum absolute atomic E-state index is 11.1. The van der Waals surface area contributed by atoms with Crippen molar-refractivity contribution in [3.63, 3.8) is 0 Å². The molecule has 2 heterocycles. The Hall–Kier alpha value is -0.900. The highest BCUT2D eigenvalue weighted by atomic mass is 32.2. The Balaban J connectivity index is 1.66. The summed E-state index contributed by atoms with van der Waals surface area (Å²) >= 11 is 0. The molecule has 2 rings (SSSR count). The van der Waals surface area contributed by atoms with E-state index in [4.69, 9.17) is 14.2 Å². The monoisotopic (exact) mass is 419 g/mol. The SMILES string of the molecule is CCNC(=NCCOCCS(C)(=O)=O)N1CCC(OCC2CCCCO2)CC1. The third-order valence-corrected chi connectivity index (χ3v) is 5.87. The van der Waals surface area contributed by atoms with Gasteiger partial charge in [-0.1, -0.05) is 0 Å². The molecule has 28 heavy (non-hydrogen) atoms. The normalized spacial score (nSPS) is 22.4. The first-order valence-corrected chi connectivity index (χ1v) is 12.6. The molecular weight excluding hydrogens is 382 g/mol. The van der Waals surface area contributed by atoms with Crippen molar-refractivity contribution in [1.29, 1.82) is 0 Å². The van der Waals surface area contributed by atoms with E-state index < -0.39 is 9.84 Å². The number of sulfone groups is 1. The van der Waals surface area contributed by atoms with Crippen LogP contribution in [0.25, 0.3) is 0 Å². The third kappa shape index (κ3) is 9.54. The molecule has 0 aliphatic carbocycles. The van der Waals surface area contributed by atoms with Crippen LogP contribution in [0, 0.1) is 0 Å². The van der Waals surface area contributed by atoms with Crippen molar-refractivity contribution in [1.82, 2.24) is 10.2 Å². The fourth-order valence-electron chi connectivity index (χ4n) is 3.37. The molecule has 9 heteroatoms. The second kappa shape index (κ2) is 12.6. The van der Waals surface area contributed by atoms with E-state index >= 15 is 0 Å². The number of likely N-dealkylation sites (tertiary alicyclic amines) is 1. The number of ether oxygens (including phenoxy) is 3. The molecule has 1 unspecified atom stereocenters. The lowest BCUT2D eigenvalue weighted by molar-refractivity contribution is -0.0721. The first-order chi connectivity index (χ1) is 13.5. The first kappa shape index (κ1) is 23.4. The topological polar surface area (TPSA) is 89.5 Å². The molecule has 2 saturated heterocycles. The van der Waals surface area contributed by atoms with E-state index in [1.165, 1.54) is 19.1 Å². The Morgan fingerprint density at radius 1 is 1.21 bits per heavy atom. The molecule has 0 radical (unpaired) electrons. The Morgan fingerprint density at radius 3 is 2.64 bits per heavy atom. The van der Waals surface area contributed by atoms with Crippen LogP contribution in [0.3, 0.4) is 0 Å². The largest absolute Gasteiger partial charge is 0.378 e. The Morgan fingerprint density at radius 2 is 2.00 bits per heavy atom. The van der Waals surface area contributed by atoms with Crippen LogP contribution in [0.5, 0.6) is 0 Å². The number of piperidine rings is 1. The minimum atomic E-state index is -2.97. The fourth-order valence-corrected chi connectivity index (χ4v) is 3.79. The molecule has 0 amide bonds. The van der Waals surface area contributed by atoms with Crippen molar-refractivity contribution in [3.05, 3.63) is 0 Å². The number of nitrogens with one attached hydrogen (secondary N) is 1. The molecule has 8 nitrogen and oxygen atoms in total. The van der Waals surface area contributed by atoms with Gasteiger partial charge in [0.1, 0.15) is 9.84 Å². The lowest BCUT2D eigenvalue weighted by Crippen LogP contribution is -2.47. The van der Waals surface area contributed by atoms with Crippen molar-refractivity contribution in [3.8, 4) is 0 Å². The van der Waals surface area contributed by atoms with E-state index in [0.29, 0.717) is 25.9 Å². The van der Waals surface area contributed by atoms with Crippen molar-refractivity contribution in [2.45, 2.75) is 51.2 Å². The van der Waals surface area contributed by atoms with Gasteiger partial charge in [0.2, 0.25) is 0 Å². The van der Waals surface area contributed by atoms with Crippen LogP contribution in [0.2, 0.25) is 0 Å². The second-order valence-electron chi connectivity index (χ2n) is 7.49. The van der Waals surface area contributed by atoms with Crippen LogP contribution in [0.1, 0.15) is 39.0 Å². The molecule has 0 aromatic carbocycles. The van der Waals surface area contributed by atoms with E-state index in [9.17, 15) is 8.42 Å². The molecule has 2 aliphatic heterocycles. The predicted octanol–water partition coefficient (Wildman–Crippen LogP) is 1.06. The maximum atomic E-state index is 11.1. The predicted molar refractivity (Wildman–Crippen MR) is 111 cm³/mol. The molecule has 164 valence electrons. The highest BCUT2D eigenvalue weighted by Gasteiger charge is 2.23. The van der Waals surface area contributed by atoms with Gasteiger partial charge in [-0.25, -0.2) is 8.42 Å². The van der Waals surface area contributed by atoms with Gasteiger partial charge in [0.15, 0.2) is 5.96 Å². The minimum Gasteiger partial charge on any atom is -0.378 e. The summed E-state index contributed by atoms with van der Waals surface area (Å²) in [4.78, 5) is 6.87. The zero-order valence-electron chi connectivity index (χ0n) is 17.4. The van der Waals surface area contributed by atoms with Crippen molar-refractivity contribution in [2.75, 3.05) is 64.6 Å². The van der Waals surface area contributed by atoms with Crippen LogP contribution in [-0.2, 0) is 24.0 Å². The number of hydrogen-bond acceptors (Lipinski definition) is 6. The fraction of sp³-hybridized carbons (Fsp3) is 0.947. The van der Waals surface area contributed by atoms with Crippen LogP contribution >= 0.6 is 0 Å². The molecule has 1 atom stereocenters. The summed E-state index contributed by atoms with van der Waals surface area (Å²) in [5, 5.41) is 3.33. The number of nitrogens with zero attached hydrogens (tertiary/aromatic N) is 2. The quantitative estimate of drug-likeness (QED) is 0.322. The number of hydrogen-bond donors (Lipinski definition) is 1. The summed E-state index contributed by atoms with van der Waals surface area (Å²) in [5.74, 6) is 0.944. The Kier molecular flexibility index (Phi) is 10.5. The zero-order chi connectivity index (χ0) is 20.2. The molecule has 2 aliphatic rings. The highest BCUT2D eigenvalue weighted by molar-refractivity contribution is 7.90. The Bertz CT molecular complexity index is 556. The molecule has 2 fully saturated rings. The standard InChI is InChI=1S/C19H37N3O5S/c1-3-20-19(21-9-13-25-14-15-28(2,23)24)22-10-7-17(8-11-22)27-16-18-6-4-5-12-26-18/h17-18H,3-16H2,1-2H3,(H,20,21). The number of guanidine groups is 1. The van der Waals surface area contributed by atoms with Gasteiger partial charge in [0.25, 0.3) is 0 Å². The maximum Gasteiger partial charge on any atom is 0.193 e. The van der Waals surface area contributed by atoms with E-state index in [-0.39, 0.29) is 18.5 Å². The van der Waals surface area contributed by atoms with Gasteiger partial charge in [0.05, 0.1) is 44.3 Å². The van der Waals surface area contributed by atoms with Gasteiger partial charge >= 0.3 is 0 Å². The van der Waals surface area contributed by atoms with Gasteiger partial charge in [-0.3, -0.25) is 4.99 Å². The Labute approximate surface area is 169 Å². The van der Waals surface area contributed by atoms with E-state index in [2.05, 4.69) is 22.1 Å². The van der Waals surface area contributed by atoms with Crippen LogP contribution < -0.4 is 5.32 Å². The molecular formula is C19H37N3O5S. The number of aliphatic imine (C=N–C) groups is 1. The van der Waals surface area contributed by atoms with Crippen molar-refractivity contribution in [2.24, 2.45) is 4.99 Å². The van der Waals surface area contributed by atoms with Crippen molar-refractivity contribution >= 4 is 15.8 Å². The highest BCUT2D eigenvalue weighted by Crippen LogP contribution is 2.17. The van der Waals surface area contributed by atoms with Crippen LogP contribution in [0.4, 0.5) is 0 Å². The molecule has 1 N–H and O–H groups in total. The van der Waals surface area contributed by atoms with Gasteiger partial charge in [-0.05, 0) is 39.0 Å². The van der Waals surface area contributed by atoms with Gasteiger partial charge in [-0.15, -0.1) is 0 Å². The average Bonchev–Trinajstić information content (AvgIpc) is 2.68. The smallest absolute Gasteiger partial charge is 0.193 e. The van der Waals surface area contributed by atoms with Crippen LogP contribution in [0.15, 0.2) is 4.99 Å². The van der Waals surface area contributed by atoms with E-state index in [1.54, 1.807) is 0 Å². The molecule has 0 spiro atoms. The summed E-state index contributed by atoms with van der Waals surface area (Å²) in [6.07, 6.45) is 7.29. The van der Waals surface area contributed by atoms with Crippen molar-refractivity contribution < 1.29 is 22.6 Å². The van der Waals surface area contributed by atoms with E-state index in [0.717, 1.165) is 51.5 Å². The summed E-state index contributed by atoms with van der Waals surface area (Å²) in [7, 11) is -2.97. The average molecular weight is 420 g/mol. The summed E-state index contributed by atoms with van der Waals surface area (Å²) < 4.78 is 39.4. The van der Waals surface area contributed by atoms with E-state index in [1.807, 2.05) is 0 Å². The zero-order valence-corrected chi connectivity index (χ0v) is 18.2. The molecule has 0 aromatic heterocycles. The first-order valence-electron chi connectivity index (χ1n) is 10.5. The summed E-state index contributed by atoms with van der Waals surface area (Å²) in [6.45, 7) is 7.43. The molecule has 0 aromatic rings. The van der Waals surface area contributed by atoms with Gasteiger partial charge in [0, 0.05) is 32.5 Å². The summed E-state index contributed by atoms with van der Waals surface area (Å²) in [6, 6.07) is 0. The van der Waals surface area contributed by atoms with Gasteiger partial charge in [-0.2, -0.15) is 0 Å². The lowest BCUT2D eigenvalue weighted by Gasteiger charge is -2.35. The molecule has 0 saturated carbocycles.